The molecule has 0 aromatic heterocycles. The van der Waals surface area contributed by atoms with Crippen LogP contribution in [0.2, 0.25) is 0 Å². The topological polar surface area (TPSA) is 0 Å². The van der Waals surface area contributed by atoms with E-state index in [1.165, 1.54) is 0 Å². The summed E-state index contributed by atoms with van der Waals surface area (Å²) in [6, 6.07) is -6.17. The van der Waals surface area contributed by atoms with Crippen LogP contribution in [0.5, 0.6) is 0 Å². The Kier molecular flexibility index (Phi) is 7.83. The third-order valence-electron chi connectivity index (χ3n) is 3.20. The normalized spacial score (nSPS) is 16.0. The molecule has 0 aliphatic rings. The highest BCUT2D eigenvalue weighted by Crippen LogP contribution is 2.60. The summed E-state index contributed by atoms with van der Waals surface area (Å²) in [4.78, 5) is 0. The van der Waals surface area contributed by atoms with E-state index in [1.54, 1.807) is 0 Å². The first-order chi connectivity index (χ1) is 11.5. The predicted molar refractivity (Wildman–Crippen MR) is 72.6 cm³/mol. The van der Waals surface area contributed by atoms with Crippen LogP contribution in [-0.4, -0.2) is 41.4 Å². The van der Waals surface area contributed by atoms with Crippen LogP contribution in [0.3, 0.4) is 0 Å². The zero-order chi connectivity index (χ0) is 22.3. The lowest BCUT2D eigenvalue weighted by atomic mass is 9.94. The van der Waals surface area contributed by atoms with Gasteiger partial charge in [0.2, 0.25) is 0 Å². The highest BCUT2D eigenvalue weighted by atomic mass is 35.8. The van der Waals surface area contributed by atoms with Crippen molar-refractivity contribution in [3.05, 3.63) is 0 Å². The van der Waals surface area contributed by atoms with Gasteiger partial charge in [-0.2, -0.15) is 57.1 Å². The summed E-state index contributed by atoms with van der Waals surface area (Å²) in [5.74, 6) is -27.8. The molecule has 0 radical (unpaired) electrons. The molecule has 0 aliphatic carbocycles. The van der Waals surface area contributed by atoms with Gasteiger partial charge in [0.05, 0.1) is 0 Å². The Morgan fingerprint density at radius 1 is 0.519 bits per heavy atom. The lowest BCUT2D eigenvalue weighted by Crippen LogP contribution is -2.70. The maximum atomic E-state index is 13.4. The largest absolute Gasteiger partial charge is 0.424 e. The molecule has 17 heteroatoms. The van der Waals surface area contributed by atoms with Crippen molar-refractivity contribution < 1.29 is 57.1 Å². The first-order valence-electron chi connectivity index (χ1n) is 6.48. The molecule has 0 N–H and O–H groups in total. The summed E-state index contributed by atoms with van der Waals surface area (Å²) < 4.78 is 169. The summed E-state index contributed by atoms with van der Waals surface area (Å²) in [5, 5.41) is 0. The zero-order valence-electron chi connectivity index (χ0n) is 12.4. The van der Waals surface area contributed by atoms with Gasteiger partial charge in [-0.25, -0.2) is 0 Å². The number of alkyl halides is 13. The summed E-state index contributed by atoms with van der Waals surface area (Å²) in [6.07, 6.45) is -11.7. The second-order valence-corrected chi connectivity index (χ2v) is 13.8. The van der Waals surface area contributed by atoms with Crippen LogP contribution in [0.25, 0.3) is 0 Å². The first kappa shape index (κ1) is 27.2. The maximum Gasteiger partial charge on any atom is 0.424 e. The predicted octanol–water partition coefficient (Wildman–Crippen LogP) is 7.48. The maximum absolute atomic E-state index is 13.4. The molecule has 0 saturated carbocycles. The minimum Gasteiger partial charge on any atom is -0.200 e. The molecule has 0 rings (SSSR count). The van der Waals surface area contributed by atoms with Crippen LogP contribution in [0.4, 0.5) is 57.1 Å². The third-order valence-corrected chi connectivity index (χ3v) is 6.36. The molecule has 0 spiro atoms. The monoisotopic (exact) mass is 508 g/mol. The Morgan fingerprint density at radius 2 is 0.889 bits per heavy atom. The number of halogens is 16. The van der Waals surface area contributed by atoms with Gasteiger partial charge >= 0.3 is 41.4 Å². The molecule has 0 aliphatic heterocycles. The minimum atomic E-state index is -7.41. The zero-order valence-corrected chi connectivity index (χ0v) is 15.6. The van der Waals surface area contributed by atoms with Crippen LogP contribution < -0.4 is 0 Å². The second-order valence-electron chi connectivity index (χ2n) is 5.32. The van der Waals surface area contributed by atoms with Crippen molar-refractivity contribution in [2.75, 3.05) is 0 Å². The number of unbranched alkanes of at least 4 members (excludes halogenated alkanes) is 1. The fourth-order valence-electron chi connectivity index (χ4n) is 1.63. The molecule has 0 bridgehead atoms. The van der Waals surface area contributed by atoms with E-state index in [0.717, 1.165) is 0 Å². The molecule has 27 heavy (non-hydrogen) atoms. The van der Waals surface area contributed by atoms with Crippen molar-refractivity contribution in [3.8, 4) is 0 Å². The van der Waals surface area contributed by atoms with Gasteiger partial charge in [-0.15, -0.1) is 33.2 Å². The lowest BCUT2D eigenvalue weighted by Gasteiger charge is -2.40. The molecule has 164 valence electrons. The molecule has 0 aromatic carbocycles. The fourth-order valence-corrected chi connectivity index (χ4v) is 3.21. The van der Waals surface area contributed by atoms with Crippen LogP contribution in [0.15, 0.2) is 0 Å². The lowest BCUT2D eigenvalue weighted by molar-refractivity contribution is -0.391. The molecule has 0 nitrogen and oxygen atoms in total. The molecule has 0 amide bonds. The standard InChI is InChI=1S/C10H8Cl3F13Si/c11-27(12,13)10(25,26)9(23,24)8(21,22)7(19,20)5(14,15)3-1-2-4-6(16,17)18/h1-4H2. The van der Waals surface area contributed by atoms with E-state index in [1.807, 2.05) is 0 Å². The molecule has 0 saturated heterocycles. The van der Waals surface area contributed by atoms with Crippen LogP contribution in [-0.2, 0) is 0 Å². The van der Waals surface area contributed by atoms with Gasteiger partial charge in [-0.3, -0.25) is 0 Å². The van der Waals surface area contributed by atoms with Gasteiger partial charge in [0, 0.05) is 12.8 Å². The van der Waals surface area contributed by atoms with E-state index in [9.17, 15) is 57.1 Å². The quantitative estimate of drug-likeness (QED) is 0.131. The third kappa shape index (κ3) is 5.21. The second kappa shape index (κ2) is 7.78. The van der Waals surface area contributed by atoms with E-state index in [-0.39, 0.29) is 0 Å². The van der Waals surface area contributed by atoms with E-state index in [4.69, 9.17) is 0 Å². The van der Waals surface area contributed by atoms with Crippen molar-refractivity contribution >= 4 is 39.2 Å². The van der Waals surface area contributed by atoms with Gasteiger partial charge in [-0.1, -0.05) is 0 Å². The Labute approximate surface area is 158 Å². The van der Waals surface area contributed by atoms with Crippen LogP contribution in [0, 0.1) is 0 Å². The molecule has 0 fully saturated rings. The smallest absolute Gasteiger partial charge is 0.200 e. The van der Waals surface area contributed by atoms with Crippen molar-refractivity contribution in [2.45, 2.75) is 61.1 Å². The number of rotatable bonds is 9. The van der Waals surface area contributed by atoms with Crippen molar-refractivity contribution in [1.29, 1.82) is 0 Å². The Morgan fingerprint density at radius 3 is 1.22 bits per heavy atom. The summed E-state index contributed by atoms with van der Waals surface area (Å²) in [7, 11) is 0. The average molecular weight is 510 g/mol. The summed E-state index contributed by atoms with van der Waals surface area (Å²) in [5.41, 5.74) is -6.38. The van der Waals surface area contributed by atoms with Gasteiger partial charge in [0.25, 0.3) is 0 Å². The molecule has 0 atom stereocenters. The average Bonchev–Trinajstić information content (AvgIpc) is 2.40. The number of hydrogen-bond donors (Lipinski definition) is 0. The first-order valence-corrected chi connectivity index (χ1v) is 11.5. The van der Waals surface area contributed by atoms with Crippen LogP contribution in [0.1, 0.15) is 25.7 Å². The molecule has 0 heterocycles. The number of hydrogen-bond acceptors (Lipinski definition) is 0. The highest BCUT2D eigenvalue weighted by Gasteiger charge is 2.89. The highest BCUT2D eigenvalue weighted by molar-refractivity contribution is 7.65. The summed E-state index contributed by atoms with van der Waals surface area (Å²) in [6.45, 7) is 0. The molecular weight excluding hydrogens is 502 g/mol. The summed E-state index contributed by atoms with van der Waals surface area (Å²) >= 11 is 13.5. The van der Waals surface area contributed by atoms with E-state index in [2.05, 4.69) is 33.2 Å². The Hall–Kier alpha value is 0.177. The van der Waals surface area contributed by atoms with Gasteiger partial charge in [0.15, 0.2) is 0 Å². The van der Waals surface area contributed by atoms with Crippen LogP contribution >= 0.6 is 33.2 Å². The molecular formula is C10H8Cl3F13Si. The molecule has 0 aromatic rings. The van der Waals surface area contributed by atoms with Crippen molar-refractivity contribution in [1.82, 2.24) is 0 Å². The Balaban J connectivity index is 5.68. The van der Waals surface area contributed by atoms with E-state index in [0.29, 0.717) is 0 Å². The van der Waals surface area contributed by atoms with E-state index >= 15 is 0 Å². The SMILES string of the molecule is FC(F)(F)CCCCC(F)(F)C(F)(F)C(F)(F)C(F)(F)C(F)(F)[Si](Cl)(Cl)Cl. The van der Waals surface area contributed by atoms with Gasteiger partial charge < -0.3 is 0 Å². The van der Waals surface area contributed by atoms with Crippen molar-refractivity contribution in [2.24, 2.45) is 0 Å². The van der Waals surface area contributed by atoms with E-state index < -0.39 is 67.1 Å². The van der Waals surface area contributed by atoms with Gasteiger partial charge in [-0.05, 0) is 12.8 Å². The molecule has 0 unspecified atom stereocenters. The van der Waals surface area contributed by atoms with Gasteiger partial charge in [0.1, 0.15) is 0 Å². The Bertz CT molecular complexity index is 511. The fraction of sp³-hybridized carbons (Fsp3) is 1.00. The minimum absolute atomic E-state index is 1.23. The van der Waals surface area contributed by atoms with Crippen molar-refractivity contribution in [3.63, 3.8) is 0 Å².